The molecule has 1 atom stereocenters. The molecule has 0 spiro atoms. The molecule has 5 heteroatoms. The van der Waals surface area contributed by atoms with E-state index in [1.807, 2.05) is 38.1 Å². The molecule has 0 saturated carbocycles. The summed E-state index contributed by atoms with van der Waals surface area (Å²) >= 11 is 0. The van der Waals surface area contributed by atoms with Crippen LogP contribution in [0.15, 0.2) is 29.4 Å². The van der Waals surface area contributed by atoms with Crippen molar-refractivity contribution in [2.45, 2.75) is 45.6 Å². The summed E-state index contributed by atoms with van der Waals surface area (Å²) in [6.45, 7) is 4.01. The molecular weight excluding hydrogens is 254 g/mol. The Hall–Kier alpha value is -2.04. The summed E-state index contributed by atoms with van der Waals surface area (Å²) in [5, 5.41) is 14.5. The minimum Gasteiger partial charge on any atom is -0.409 e. The Kier molecular flexibility index (Phi) is 6.56. The van der Waals surface area contributed by atoms with Crippen LogP contribution in [0.3, 0.4) is 0 Å². The lowest BCUT2D eigenvalue weighted by molar-refractivity contribution is -0.121. The smallest absolute Gasteiger partial charge is 0.220 e. The van der Waals surface area contributed by atoms with Crippen molar-refractivity contribution in [2.75, 3.05) is 0 Å². The van der Waals surface area contributed by atoms with Gasteiger partial charge in [-0.2, -0.15) is 0 Å². The highest BCUT2D eigenvalue weighted by molar-refractivity contribution is 5.89. The Morgan fingerprint density at radius 1 is 1.45 bits per heavy atom. The fourth-order valence-corrected chi connectivity index (χ4v) is 2.06. The van der Waals surface area contributed by atoms with Crippen LogP contribution in [0.4, 0.5) is 0 Å². The number of aryl methyl sites for hydroxylation is 2. The second-order valence-electron chi connectivity index (χ2n) is 4.86. The molecule has 4 N–H and O–H groups in total. The van der Waals surface area contributed by atoms with Crippen LogP contribution < -0.4 is 11.1 Å². The quantitative estimate of drug-likeness (QED) is 0.308. The van der Waals surface area contributed by atoms with Gasteiger partial charge in [-0.25, -0.2) is 0 Å². The summed E-state index contributed by atoms with van der Waals surface area (Å²) in [7, 11) is 0. The number of nitrogens with zero attached hydrogens (tertiary/aromatic N) is 1. The van der Waals surface area contributed by atoms with Gasteiger partial charge in [0.1, 0.15) is 0 Å². The second-order valence-corrected chi connectivity index (χ2v) is 4.86. The molecule has 1 unspecified atom stereocenters. The fraction of sp³-hybridized carbons (Fsp3) is 0.467. The maximum absolute atomic E-state index is 11.9. The SMILES string of the molecule is CCCC(NC(=O)CCc1ccccc1C)C(N)=NO. The largest absolute Gasteiger partial charge is 0.409 e. The van der Waals surface area contributed by atoms with Gasteiger partial charge >= 0.3 is 0 Å². The maximum atomic E-state index is 11.9. The van der Waals surface area contributed by atoms with Crippen molar-refractivity contribution in [3.63, 3.8) is 0 Å². The number of hydrogen-bond acceptors (Lipinski definition) is 3. The van der Waals surface area contributed by atoms with E-state index in [-0.39, 0.29) is 11.7 Å². The van der Waals surface area contributed by atoms with E-state index in [1.54, 1.807) is 0 Å². The molecule has 0 aliphatic carbocycles. The van der Waals surface area contributed by atoms with Gasteiger partial charge in [0.2, 0.25) is 5.91 Å². The van der Waals surface area contributed by atoms with Crippen LogP contribution in [0, 0.1) is 6.92 Å². The minimum absolute atomic E-state index is 0.0519. The molecule has 0 fully saturated rings. The molecule has 0 heterocycles. The molecule has 0 radical (unpaired) electrons. The molecule has 1 aromatic rings. The molecule has 1 amide bonds. The molecular formula is C15H23N3O2. The van der Waals surface area contributed by atoms with Gasteiger partial charge in [-0.05, 0) is 30.9 Å². The summed E-state index contributed by atoms with van der Waals surface area (Å²) in [4.78, 5) is 11.9. The monoisotopic (exact) mass is 277 g/mol. The highest BCUT2D eigenvalue weighted by Gasteiger charge is 2.15. The highest BCUT2D eigenvalue weighted by atomic mass is 16.4. The van der Waals surface area contributed by atoms with E-state index in [1.165, 1.54) is 11.1 Å². The minimum atomic E-state index is -0.394. The number of nitrogens with one attached hydrogen (secondary N) is 1. The Morgan fingerprint density at radius 2 is 2.15 bits per heavy atom. The average Bonchev–Trinajstić information content (AvgIpc) is 2.45. The predicted octanol–water partition coefficient (Wildman–Crippen LogP) is 1.96. The third kappa shape index (κ3) is 4.91. The van der Waals surface area contributed by atoms with Crippen molar-refractivity contribution in [1.29, 1.82) is 0 Å². The van der Waals surface area contributed by atoms with Crippen LogP contribution >= 0.6 is 0 Å². The first-order chi connectivity index (χ1) is 9.58. The second kappa shape index (κ2) is 8.19. The van der Waals surface area contributed by atoms with Crippen LogP contribution in [0.25, 0.3) is 0 Å². The molecule has 0 aromatic heterocycles. The standard InChI is InChI=1S/C15H23N3O2/c1-3-6-13(15(16)18-20)17-14(19)10-9-12-8-5-4-7-11(12)2/h4-5,7-8,13,20H,3,6,9-10H2,1-2H3,(H2,16,18)(H,17,19). The lowest BCUT2D eigenvalue weighted by atomic mass is 10.0. The number of carbonyl (C=O) groups excluding carboxylic acids is 1. The van der Waals surface area contributed by atoms with Gasteiger partial charge in [0.15, 0.2) is 5.84 Å². The Labute approximate surface area is 119 Å². The number of oxime groups is 1. The van der Waals surface area contributed by atoms with Crippen molar-refractivity contribution >= 4 is 11.7 Å². The Balaban J connectivity index is 2.52. The molecule has 0 aliphatic rings. The van der Waals surface area contributed by atoms with Crippen molar-refractivity contribution < 1.29 is 10.0 Å². The van der Waals surface area contributed by atoms with Gasteiger partial charge in [0.05, 0.1) is 6.04 Å². The van der Waals surface area contributed by atoms with Crippen molar-refractivity contribution in [3.05, 3.63) is 35.4 Å². The van der Waals surface area contributed by atoms with Crippen LogP contribution in [0.2, 0.25) is 0 Å². The van der Waals surface area contributed by atoms with Crippen LogP contribution in [-0.4, -0.2) is 23.0 Å². The van der Waals surface area contributed by atoms with Crippen molar-refractivity contribution in [2.24, 2.45) is 10.9 Å². The number of carbonyl (C=O) groups is 1. The van der Waals surface area contributed by atoms with Crippen LogP contribution in [0.5, 0.6) is 0 Å². The summed E-state index contributed by atoms with van der Waals surface area (Å²) in [6.07, 6.45) is 2.59. The lowest BCUT2D eigenvalue weighted by Gasteiger charge is -2.16. The number of rotatable bonds is 7. The van der Waals surface area contributed by atoms with Gasteiger partial charge < -0.3 is 16.3 Å². The lowest BCUT2D eigenvalue weighted by Crippen LogP contribution is -2.44. The van der Waals surface area contributed by atoms with Gasteiger partial charge in [0.25, 0.3) is 0 Å². The van der Waals surface area contributed by atoms with Gasteiger partial charge in [-0.3, -0.25) is 4.79 Å². The van der Waals surface area contributed by atoms with Gasteiger partial charge in [-0.15, -0.1) is 0 Å². The van der Waals surface area contributed by atoms with E-state index in [2.05, 4.69) is 10.5 Å². The summed E-state index contributed by atoms with van der Waals surface area (Å²) in [5.41, 5.74) is 7.92. The van der Waals surface area contributed by atoms with Crippen LogP contribution in [-0.2, 0) is 11.2 Å². The summed E-state index contributed by atoms with van der Waals surface area (Å²) < 4.78 is 0. The number of hydrogen-bond donors (Lipinski definition) is 3. The topological polar surface area (TPSA) is 87.7 Å². The zero-order valence-electron chi connectivity index (χ0n) is 12.1. The van der Waals surface area contributed by atoms with Gasteiger partial charge in [0, 0.05) is 6.42 Å². The van der Waals surface area contributed by atoms with Crippen molar-refractivity contribution in [1.82, 2.24) is 5.32 Å². The molecule has 20 heavy (non-hydrogen) atoms. The molecule has 0 aliphatic heterocycles. The first kappa shape index (κ1) is 16.0. The molecule has 5 nitrogen and oxygen atoms in total. The Morgan fingerprint density at radius 3 is 2.75 bits per heavy atom. The summed E-state index contributed by atoms with van der Waals surface area (Å²) in [6, 6.07) is 7.61. The predicted molar refractivity (Wildman–Crippen MR) is 79.7 cm³/mol. The van der Waals surface area contributed by atoms with E-state index < -0.39 is 6.04 Å². The van der Waals surface area contributed by atoms with Gasteiger partial charge in [-0.1, -0.05) is 42.8 Å². The van der Waals surface area contributed by atoms with E-state index in [0.717, 1.165) is 6.42 Å². The number of amidine groups is 1. The first-order valence-electron chi connectivity index (χ1n) is 6.89. The molecule has 0 bridgehead atoms. The normalized spacial score (nSPS) is 13.0. The number of nitrogens with two attached hydrogens (primary N) is 1. The van der Waals surface area contributed by atoms with Crippen molar-refractivity contribution in [3.8, 4) is 0 Å². The number of benzene rings is 1. The molecule has 110 valence electrons. The maximum Gasteiger partial charge on any atom is 0.220 e. The summed E-state index contributed by atoms with van der Waals surface area (Å²) in [5.74, 6) is -0.0330. The fourth-order valence-electron chi connectivity index (χ4n) is 2.06. The average molecular weight is 277 g/mol. The number of amides is 1. The highest BCUT2D eigenvalue weighted by Crippen LogP contribution is 2.09. The Bertz CT molecular complexity index is 472. The molecule has 1 aromatic carbocycles. The first-order valence-corrected chi connectivity index (χ1v) is 6.89. The van der Waals surface area contributed by atoms with E-state index in [9.17, 15) is 4.79 Å². The third-order valence-corrected chi connectivity index (χ3v) is 3.27. The van der Waals surface area contributed by atoms with E-state index >= 15 is 0 Å². The molecule has 1 rings (SSSR count). The third-order valence-electron chi connectivity index (χ3n) is 3.27. The zero-order valence-corrected chi connectivity index (χ0v) is 12.1. The van der Waals surface area contributed by atoms with Crippen LogP contribution in [0.1, 0.15) is 37.3 Å². The zero-order chi connectivity index (χ0) is 15.0. The van der Waals surface area contributed by atoms with E-state index in [0.29, 0.717) is 19.3 Å². The van der Waals surface area contributed by atoms with E-state index in [4.69, 9.17) is 10.9 Å². The molecule has 0 saturated heterocycles.